The van der Waals surface area contributed by atoms with Crippen LogP contribution in [0.15, 0.2) is 25.3 Å². The van der Waals surface area contributed by atoms with Gasteiger partial charge >= 0.3 is 13.5 Å². The number of ether oxygens (including phenoxy) is 2. The lowest BCUT2D eigenvalue weighted by molar-refractivity contribution is -0.125. The largest absolute Gasteiger partial charge is 0.418 e. The molecular weight excluding hydrogens is 672 g/mol. The Morgan fingerprint density at radius 2 is 1.48 bits per heavy atom. The number of hydrogen-bond acceptors (Lipinski definition) is 16. The van der Waals surface area contributed by atoms with E-state index in [2.05, 4.69) is 29.9 Å². The highest BCUT2D eigenvalue weighted by Gasteiger charge is 2.56. The predicted octanol–water partition coefficient (Wildman–Crippen LogP) is 1.72. The molecule has 4 aromatic heterocycles. The van der Waals surface area contributed by atoms with Gasteiger partial charge in [-0.15, -0.1) is 0 Å². The zero-order chi connectivity index (χ0) is 31.0. The molecule has 234 valence electrons. The Hall–Kier alpha value is -2.84. The van der Waals surface area contributed by atoms with Gasteiger partial charge in [-0.1, -0.05) is 5.69 Å². The van der Waals surface area contributed by atoms with E-state index in [1.807, 2.05) is 0 Å². The summed E-state index contributed by atoms with van der Waals surface area (Å²) in [5.41, 5.74) is 18.0. The minimum absolute atomic E-state index is 0.0207. The molecule has 44 heavy (non-hydrogen) atoms. The fourth-order valence-corrected chi connectivity index (χ4v) is 8.40. The quantitative estimate of drug-likeness (QED) is 0.254. The standard InChI is InChI=1S/C20H20F2N10O8P2S2/c1-44-42(34)35-2-7-8(21)12(18(36-7)31-5-29-10-14(23)25-3-27-16(10)31)38-41(33,43)40-20-9(22)13(39-42)19(37-20)32-6-30-11-15(24)26-4-28-17(11)32/h1,3-9,12-13,18-20H,2H2,(H,33,43)(H2,23,25,27)(H2,24,26,28)/t7-,8-,9+,12-,13-,18-,19-,20?,41?,42-/m1/s1. The maximum atomic E-state index is 16.0. The summed E-state index contributed by atoms with van der Waals surface area (Å²) in [7, 11) is 0.137. The maximum Gasteiger partial charge on any atom is 0.418 e. The van der Waals surface area contributed by atoms with Crippen molar-refractivity contribution in [3.8, 4) is 5.69 Å². The molecule has 3 fully saturated rings. The molecule has 3 saturated heterocycles. The highest BCUT2D eigenvalue weighted by atomic mass is 32.7. The molecule has 0 radical (unpaired) electrons. The molecule has 0 amide bonds. The van der Waals surface area contributed by atoms with Crippen molar-refractivity contribution >= 4 is 70.1 Å². The summed E-state index contributed by atoms with van der Waals surface area (Å²) in [6.45, 7) is -9.71. The molecule has 2 unspecified atom stereocenters. The number of rotatable bonds is 2. The van der Waals surface area contributed by atoms with Crippen LogP contribution in [0.4, 0.5) is 20.4 Å². The van der Waals surface area contributed by atoms with Gasteiger partial charge in [0.1, 0.15) is 42.0 Å². The van der Waals surface area contributed by atoms with Crippen LogP contribution in [0.5, 0.6) is 0 Å². The zero-order valence-corrected chi connectivity index (χ0v) is 25.1. The van der Waals surface area contributed by atoms with Gasteiger partial charge in [-0.2, -0.15) is 0 Å². The van der Waals surface area contributed by atoms with Gasteiger partial charge < -0.3 is 25.8 Å². The molecule has 4 bridgehead atoms. The highest BCUT2D eigenvalue weighted by Crippen LogP contribution is 2.61. The van der Waals surface area contributed by atoms with E-state index >= 15 is 8.78 Å². The van der Waals surface area contributed by atoms with Crippen molar-refractivity contribution in [2.24, 2.45) is 0 Å². The van der Waals surface area contributed by atoms with Gasteiger partial charge in [-0.25, -0.2) is 43.2 Å². The van der Waals surface area contributed by atoms with Crippen LogP contribution in [-0.2, 0) is 43.9 Å². The molecule has 7 rings (SSSR count). The van der Waals surface area contributed by atoms with Crippen molar-refractivity contribution in [2.45, 2.75) is 49.4 Å². The fourth-order valence-electron chi connectivity index (χ4n) is 5.01. The highest BCUT2D eigenvalue weighted by molar-refractivity contribution is 8.48. The number of aromatic nitrogens is 8. The number of halogens is 2. The van der Waals surface area contributed by atoms with Gasteiger partial charge in [0.05, 0.1) is 19.3 Å². The number of fused-ring (bicyclic) bond motifs is 6. The molecule has 5 N–H and O–H groups in total. The smallest absolute Gasteiger partial charge is 0.382 e. The zero-order valence-electron chi connectivity index (χ0n) is 21.7. The molecule has 4 aromatic rings. The molecule has 18 nitrogen and oxygen atoms in total. The first-order chi connectivity index (χ1) is 21.0. The van der Waals surface area contributed by atoms with Gasteiger partial charge in [-0.05, 0) is 22.6 Å². The first-order valence-electron chi connectivity index (χ1n) is 12.4. The van der Waals surface area contributed by atoms with Crippen molar-refractivity contribution in [3.63, 3.8) is 0 Å². The van der Waals surface area contributed by atoms with Gasteiger partial charge in [0.15, 0.2) is 47.7 Å². The number of nitrogens with two attached hydrogens (primary N) is 2. The van der Waals surface area contributed by atoms with Crippen LogP contribution < -0.4 is 11.5 Å². The van der Waals surface area contributed by atoms with Crippen molar-refractivity contribution in [1.82, 2.24) is 39.0 Å². The Morgan fingerprint density at radius 1 is 0.909 bits per heavy atom. The number of imidazole rings is 2. The summed E-state index contributed by atoms with van der Waals surface area (Å²) in [6.07, 6.45) is -9.39. The Bertz CT molecular complexity index is 1910. The first kappa shape index (κ1) is 29.8. The third-order valence-electron chi connectivity index (χ3n) is 6.98. The SMILES string of the molecule is C#S[P@]1(=O)OC[C@H]2O[C@@H](n3cnc4c(N)ncnc43)[C@H](OP(O)(=S)OC3O[C@@H](n4cnc5c(N)ncnc54)[C@H](O1)[C@@H]3F)[C@@H]2F. The number of alkyl halides is 2. The molecule has 3 aliphatic heterocycles. The van der Waals surface area contributed by atoms with Crippen LogP contribution in [0.3, 0.4) is 0 Å². The van der Waals surface area contributed by atoms with Crippen molar-refractivity contribution in [2.75, 3.05) is 18.1 Å². The average molecular weight is 693 g/mol. The van der Waals surface area contributed by atoms with Crippen LogP contribution in [-0.4, -0.2) is 87.5 Å². The summed E-state index contributed by atoms with van der Waals surface area (Å²) in [4.78, 5) is 35.3. The number of anilines is 2. The molecule has 0 spiro atoms. The lowest BCUT2D eigenvalue weighted by Crippen LogP contribution is -2.32. The predicted molar refractivity (Wildman–Crippen MR) is 151 cm³/mol. The third kappa shape index (κ3) is 4.97. The van der Waals surface area contributed by atoms with E-state index in [0.717, 1.165) is 12.7 Å². The minimum Gasteiger partial charge on any atom is -0.382 e. The lowest BCUT2D eigenvalue weighted by Gasteiger charge is -2.27. The molecule has 3 aliphatic rings. The van der Waals surface area contributed by atoms with Gasteiger partial charge in [-0.3, -0.25) is 27.2 Å². The van der Waals surface area contributed by atoms with Crippen LogP contribution in [0, 0.1) is 5.69 Å². The Kier molecular flexibility index (Phi) is 7.40. The molecular formula is C20H20F2N10O8P2S2. The van der Waals surface area contributed by atoms with E-state index < -0.39 is 69.5 Å². The van der Waals surface area contributed by atoms with Gasteiger partial charge in [0.2, 0.25) is 6.29 Å². The van der Waals surface area contributed by atoms with E-state index in [1.54, 1.807) is 0 Å². The van der Waals surface area contributed by atoms with Gasteiger partial charge in [0, 0.05) is 0 Å². The van der Waals surface area contributed by atoms with Crippen LogP contribution >= 0.6 is 24.3 Å². The second-order valence-electron chi connectivity index (χ2n) is 9.58. The van der Waals surface area contributed by atoms with Crippen LogP contribution in [0.1, 0.15) is 12.5 Å². The second kappa shape index (κ2) is 10.9. The number of nitrogen functional groups attached to an aromatic ring is 2. The normalized spacial score (nSPS) is 37.9. The molecule has 0 aromatic carbocycles. The van der Waals surface area contributed by atoms with Crippen LogP contribution in [0.2, 0.25) is 0 Å². The topological polar surface area (TPSA) is 232 Å². The third-order valence-corrected chi connectivity index (χ3v) is 11.1. The summed E-state index contributed by atoms with van der Waals surface area (Å²) in [5.74, 6) is 0.0559. The Morgan fingerprint density at radius 3 is 2.07 bits per heavy atom. The molecule has 7 heterocycles. The average Bonchev–Trinajstić information content (AvgIpc) is 3.74. The van der Waals surface area contributed by atoms with E-state index in [0.29, 0.717) is 0 Å². The van der Waals surface area contributed by atoms with Gasteiger partial charge in [0.25, 0.3) is 0 Å². The molecule has 10 atom stereocenters. The summed E-state index contributed by atoms with van der Waals surface area (Å²) in [5, 5.41) is 0. The number of nitrogens with zero attached hydrogens (tertiary/aromatic N) is 8. The second-order valence-corrected chi connectivity index (χ2v) is 15.9. The number of hydrogen-bond donors (Lipinski definition) is 3. The Balaban J connectivity index is 1.27. The van der Waals surface area contributed by atoms with E-state index in [9.17, 15) is 9.46 Å². The van der Waals surface area contributed by atoms with Crippen molar-refractivity contribution < 1.29 is 45.8 Å². The van der Waals surface area contributed by atoms with Crippen LogP contribution in [0.25, 0.3) is 22.3 Å². The van der Waals surface area contributed by atoms with E-state index in [4.69, 9.17) is 56.5 Å². The van der Waals surface area contributed by atoms with E-state index in [1.165, 1.54) is 21.8 Å². The van der Waals surface area contributed by atoms with Crippen molar-refractivity contribution in [1.29, 1.82) is 0 Å². The first-order valence-corrected chi connectivity index (χ1v) is 18.1. The monoisotopic (exact) mass is 692 g/mol. The molecule has 0 aliphatic carbocycles. The summed E-state index contributed by atoms with van der Waals surface area (Å²) in [6, 6.07) is 0. The maximum absolute atomic E-state index is 16.0. The molecule has 24 heteroatoms. The fraction of sp³-hybridized carbons (Fsp3) is 0.450. The molecule has 0 saturated carbocycles. The lowest BCUT2D eigenvalue weighted by atomic mass is 10.1. The summed E-state index contributed by atoms with van der Waals surface area (Å²) >= 11 is 5.16. The van der Waals surface area contributed by atoms with E-state index in [-0.39, 0.29) is 44.8 Å². The van der Waals surface area contributed by atoms with Crippen molar-refractivity contribution in [3.05, 3.63) is 25.3 Å². The Labute approximate surface area is 253 Å². The summed E-state index contributed by atoms with van der Waals surface area (Å²) < 4.78 is 81.8. The minimum atomic E-state index is -4.54.